The number of allylic oxidation sites excluding steroid dienone is 1. The zero-order valence-electron chi connectivity index (χ0n) is 34.9. The minimum Gasteiger partial charge on any atom is -0.496 e. The van der Waals surface area contributed by atoms with Gasteiger partial charge in [0.05, 0.1) is 23.6 Å². The molecule has 0 radical (unpaired) electrons. The lowest BCUT2D eigenvalue weighted by Crippen LogP contribution is -2.59. The minimum absolute atomic E-state index is 0.0894. The number of fused-ring (bicyclic) bond motifs is 3. The predicted molar refractivity (Wildman–Crippen MR) is 232 cm³/mol. The standard InChI is InChI=1S/C47H61N5O6S/c1-5-34-29-47(34,45(54)51-59(55,56)35-19-20-35)50-44(53)43-40-21-25-52(43)30-39(32-16-10-7-11-17-32)48-24-13-23-46(2,3)22-12-18-33-26-36-38(28-41(33)57-4)49-37(27-42(36)58-40)31-14-8-6-9-15-31/h5-6,8-9,12,14-15,18,26-28,32,34-35,39-40,43,48H,1,7,10-11,13,16-17,19-25,29-30H2,2-4H3,(H,50,53)(H,51,54)/b18-12+/t34-,39-,40+,43+,47-/m1/s1. The van der Waals surface area contributed by atoms with Gasteiger partial charge in [-0.05, 0) is 81.7 Å². The number of benzene rings is 2. The summed E-state index contributed by atoms with van der Waals surface area (Å²) in [6.45, 7) is 10.7. The second-order valence-corrected chi connectivity index (χ2v) is 20.3. The Bertz CT molecular complexity index is 2180. The van der Waals surface area contributed by atoms with Gasteiger partial charge in [0, 0.05) is 53.7 Å². The van der Waals surface area contributed by atoms with Crippen molar-refractivity contribution in [2.45, 2.75) is 120 Å². The first-order valence-corrected chi connectivity index (χ1v) is 23.3. The molecule has 1 saturated heterocycles. The van der Waals surface area contributed by atoms with Crippen LogP contribution in [0.5, 0.6) is 11.5 Å². The molecule has 316 valence electrons. The summed E-state index contributed by atoms with van der Waals surface area (Å²) in [6.07, 6.45) is 16.3. The van der Waals surface area contributed by atoms with Gasteiger partial charge in [0.2, 0.25) is 15.9 Å². The third kappa shape index (κ3) is 9.10. The summed E-state index contributed by atoms with van der Waals surface area (Å²) in [7, 11) is -2.15. The van der Waals surface area contributed by atoms with E-state index >= 15 is 4.79 Å². The number of nitrogens with zero attached hydrogens (tertiary/aromatic N) is 2. The Labute approximate surface area is 349 Å². The molecule has 4 bridgehead atoms. The van der Waals surface area contributed by atoms with Gasteiger partial charge in [-0.1, -0.05) is 81.7 Å². The van der Waals surface area contributed by atoms with Gasteiger partial charge < -0.3 is 20.1 Å². The van der Waals surface area contributed by atoms with E-state index in [0.717, 1.165) is 60.9 Å². The molecule has 6 atom stereocenters. The maximum atomic E-state index is 15.0. The molecule has 0 spiro atoms. The average molecular weight is 824 g/mol. The number of methoxy groups -OCH3 is 1. The van der Waals surface area contributed by atoms with E-state index in [0.29, 0.717) is 55.3 Å². The lowest BCUT2D eigenvalue weighted by molar-refractivity contribution is -0.133. The molecular weight excluding hydrogens is 763 g/mol. The lowest BCUT2D eigenvalue weighted by Gasteiger charge is -2.37. The number of nitrogens with one attached hydrogen (secondary N) is 3. The van der Waals surface area contributed by atoms with Crippen molar-refractivity contribution in [3.8, 4) is 22.8 Å². The molecule has 11 nitrogen and oxygen atoms in total. The number of aromatic nitrogens is 1. The van der Waals surface area contributed by atoms with Crippen LogP contribution in [0.25, 0.3) is 28.2 Å². The highest BCUT2D eigenvalue weighted by atomic mass is 32.2. The summed E-state index contributed by atoms with van der Waals surface area (Å²) in [6, 6.07) is 15.4. The fraction of sp³-hybridized carbons (Fsp3) is 0.553. The van der Waals surface area contributed by atoms with Gasteiger partial charge in [-0.2, -0.15) is 0 Å². The number of carbonyl (C=O) groups is 2. The number of amides is 2. The van der Waals surface area contributed by atoms with Gasteiger partial charge in [-0.15, -0.1) is 6.58 Å². The number of hydrogen-bond donors (Lipinski definition) is 3. The first-order chi connectivity index (χ1) is 28.4. The maximum absolute atomic E-state index is 15.0. The SMILES string of the molecule is C=C[C@@H]1C[C@]1(NC(=O)[C@@H]1[C@@H]2CCN1C[C@H](C1CCCCC1)NCCCC(C)(C)C/C=C/c1cc3c(cc(-c4ccccc4)nc3cc1OC)O2)C(=O)NS(=O)(=O)C1CC1. The number of carbonyl (C=O) groups excluding carboxylic acids is 2. The van der Waals surface area contributed by atoms with Crippen molar-refractivity contribution in [1.29, 1.82) is 0 Å². The smallest absolute Gasteiger partial charge is 0.259 e. The van der Waals surface area contributed by atoms with E-state index < -0.39 is 44.8 Å². The molecule has 3 N–H and O–H groups in total. The Balaban J connectivity index is 1.20. The van der Waals surface area contributed by atoms with E-state index in [1.807, 2.05) is 42.5 Å². The molecule has 3 aliphatic carbocycles. The molecule has 3 saturated carbocycles. The van der Waals surface area contributed by atoms with Crippen molar-refractivity contribution in [2.24, 2.45) is 17.3 Å². The topological polar surface area (TPSA) is 139 Å². The summed E-state index contributed by atoms with van der Waals surface area (Å²) >= 11 is 0. The monoisotopic (exact) mass is 823 g/mol. The first kappa shape index (κ1) is 41.5. The fourth-order valence-electron chi connectivity index (χ4n) is 9.69. The predicted octanol–water partition coefficient (Wildman–Crippen LogP) is 7.16. The maximum Gasteiger partial charge on any atom is 0.259 e. The Morgan fingerprint density at radius 1 is 1.03 bits per heavy atom. The fourth-order valence-corrected chi connectivity index (χ4v) is 11.1. The van der Waals surface area contributed by atoms with Crippen molar-refractivity contribution in [3.05, 3.63) is 72.8 Å². The molecule has 3 aromatic rings. The Morgan fingerprint density at radius 2 is 1.81 bits per heavy atom. The first-order valence-electron chi connectivity index (χ1n) is 21.8. The molecule has 2 aromatic carbocycles. The molecule has 59 heavy (non-hydrogen) atoms. The van der Waals surface area contributed by atoms with E-state index in [-0.39, 0.29) is 23.8 Å². The van der Waals surface area contributed by atoms with Crippen molar-refractivity contribution in [1.82, 2.24) is 25.2 Å². The number of ether oxygens (including phenoxy) is 2. The van der Waals surface area contributed by atoms with Gasteiger partial charge in [0.15, 0.2) is 0 Å². The van der Waals surface area contributed by atoms with Crippen LogP contribution in [0, 0.1) is 17.3 Å². The van der Waals surface area contributed by atoms with Gasteiger partial charge in [0.1, 0.15) is 29.2 Å². The van der Waals surface area contributed by atoms with Crippen LogP contribution >= 0.6 is 0 Å². The summed E-state index contributed by atoms with van der Waals surface area (Å²) in [4.78, 5) is 36.2. The van der Waals surface area contributed by atoms with Gasteiger partial charge in [-0.25, -0.2) is 13.4 Å². The van der Waals surface area contributed by atoms with E-state index in [1.165, 1.54) is 19.3 Å². The van der Waals surface area contributed by atoms with Crippen molar-refractivity contribution in [3.63, 3.8) is 0 Å². The van der Waals surface area contributed by atoms with E-state index in [1.54, 1.807) is 13.2 Å². The van der Waals surface area contributed by atoms with Crippen LogP contribution in [0.2, 0.25) is 0 Å². The zero-order valence-corrected chi connectivity index (χ0v) is 35.7. The van der Waals surface area contributed by atoms with Crippen LogP contribution in [0.3, 0.4) is 0 Å². The van der Waals surface area contributed by atoms with Gasteiger partial charge >= 0.3 is 0 Å². The molecule has 5 aliphatic rings. The van der Waals surface area contributed by atoms with Gasteiger partial charge in [0.25, 0.3) is 5.91 Å². The quantitative estimate of drug-likeness (QED) is 0.192. The van der Waals surface area contributed by atoms with Crippen LogP contribution in [0.4, 0.5) is 0 Å². The third-order valence-corrected chi connectivity index (χ3v) is 15.3. The molecule has 12 heteroatoms. The molecule has 1 aromatic heterocycles. The summed E-state index contributed by atoms with van der Waals surface area (Å²) in [5, 5.41) is 7.32. The molecule has 2 amide bonds. The molecule has 3 heterocycles. The average Bonchev–Trinajstić information content (AvgIpc) is 4.16. The van der Waals surface area contributed by atoms with Crippen LogP contribution in [0.1, 0.15) is 96.5 Å². The second kappa shape index (κ2) is 17.0. The number of sulfonamides is 1. The Kier molecular flexibility index (Phi) is 12.0. The van der Waals surface area contributed by atoms with Crippen LogP contribution in [-0.2, 0) is 19.6 Å². The molecule has 4 fully saturated rings. The highest BCUT2D eigenvalue weighted by molar-refractivity contribution is 7.91. The van der Waals surface area contributed by atoms with Crippen molar-refractivity contribution in [2.75, 3.05) is 26.7 Å². The highest BCUT2D eigenvalue weighted by Gasteiger charge is 2.62. The van der Waals surface area contributed by atoms with Crippen LogP contribution < -0.4 is 24.8 Å². The molecule has 1 unspecified atom stereocenters. The minimum atomic E-state index is -3.83. The van der Waals surface area contributed by atoms with E-state index in [2.05, 4.69) is 58.9 Å². The number of rotatable bonds is 9. The summed E-state index contributed by atoms with van der Waals surface area (Å²) < 4.78 is 41.3. The Morgan fingerprint density at radius 3 is 2.53 bits per heavy atom. The summed E-state index contributed by atoms with van der Waals surface area (Å²) in [5.41, 5.74) is 1.98. The second-order valence-electron chi connectivity index (χ2n) is 18.4. The van der Waals surface area contributed by atoms with Crippen molar-refractivity contribution >= 4 is 38.8 Å². The number of hydrogen-bond acceptors (Lipinski definition) is 9. The summed E-state index contributed by atoms with van der Waals surface area (Å²) in [5.74, 6) is 0.365. The lowest BCUT2D eigenvalue weighted by atomic mass is 9.82. The largest absolute Gasteiger partial charge is 0.496 e. The zero-order chi connectivity index (χ0) is 41.4. The third-order valence-electron chi connectivity index (χ3n) is 13.5. The Hall–Kier alpha value is -4.26. The molecule has 2 aliphatic heterocycles. The van der Waals surface area contributed by atoms with Gasteiger partial charge in [-0.3, -0.25) is 19.2 Å². The molecular formula is C47H61N5O6S. The van der Waals surface area contributed by atoms with E-state index in [9.17, 15) is 13.2 Å². The van der Waals surface area contributed by atoms with Crippen LogP contribution in [-0.4, -0.2) is 85.8 Å². The van der Waals surface area contributed by atoms with Crippen LogP contribution in [0.15, 0.2) is 67.3 Å². The van der Waals surface area contributed by atoms with Crippen molar-refractivity contribution < 1.29 is 27.5 Å². The molecule has 8 rings (SSSR count). The number of pyridine rings is 1. The normalized spacial score (nSPS) is 29.4. The van der Waals surface area contributed by atoms with E-state index in [4.69, 9.17) is 14.5 Å². The highest BCUT2D eigenvalue weighted by Crippen LogP contribution is 2.46.